The predicted octanol–water partition coefficient (Wildman–Crippen LogP) is 2.24. The highest BCUT2D eigenvalue weighted by Gasteiger charge is 1.80. The summed E-state index contributed by atoms with van der Waals surface area (Å²) in [6.45, 7) is 6.58. The minimum absolute atomic E-state index is 0.565. The second-order valence-electron chi connectivity index (χ2n) is 1.23. The van der Waals surface area contributed by atoms with E-state index < -0.39 is 5.97 Å². The fourth-order valence-corrected chi connectivity index (χ4v) is 0.278. The molecule has 0 rings (SSSR count). The highest BCUT2D eigenvalue weighted by atomic mass is 19.1. The maximum absolute atomic E-state index is 12.1. The Kier molecular flexibility index (Phi) is 4.32. The average molecular weight is 125 g/mol. The monoisotopic (exact) mass is 125 g/mol. The van der Waals surface area contributed by atoms with E-state index in [1.807, 2.05) is 0 Å². The van der Waals surface area contributed by atoms with Crippen molar-refractivity contribution >= 4 is 5.97 Å². The summed E-state index contributed by atoms with van der Waals surface area (Å²) in [5, 5.41) is 0. The van der Waals surface area contributed by atoms with Gasteiger partial charge in [0.05, 0.1) is 0 Å². The van der Waals surface area contributed by atoms with Gasteiger partial charge >= 0.3 is 0 Å². The molecule has 0 aliphatic rings. The lowest BCUT2D eigenvalue weighted by Crippen LogP contribution is -1.76. The Balaban J connectivity index is 3.88. The quantitative estimate of drug-likeness (QED) is 0.405. The molecule has 2 heteroatoms. The molecule has 0 radical (unpaired) electrons. The molecule has 1 nitrogen and oxygen atoms in total. The molecule has 0 aromatic rings. The Bertz CT molecular complexity index is 156. The van der Waals surface area contributed by atoms with Gasteiger partial charge in [-0.05, 0) is 6.08 Å². The second kappa shape index (κ2) is 4.97. The van der Waals surface area contributed by atoms with E-state index in [1.54, 1.807) is 0 Å². The topological polar surface area (TPSA) is 12.4 Å². The fraction of sp³-hybridized carbons (Fsp3) is 0. The first-order chi connectivity index (χ1) is 4.31. The Morgan fingerprint density at radius 2 is 2.11 bits per heavy atom. The van der Waals surface area contributed by atoms with Crippen LogP contribution in [0.3, 0.4) is 0 Å². The summed E-state index contributed by atoms with van der Waals surface area (Å²) >= 11 is 0. The fourth-order valence-electron chi connectivity index (χ4n) is 0.278. The molecule has 0 aliphatic carbocycles. The first kappa shape index (κ1) is 7.82. The molecule has 0 aromatic heterocycles. The summed E-state index contributed by atoms with van der Waals surface area (Å²) in [6.07, 6.45) is 5.28. The second-order valence-corrected chi connectivity index (χ2v) is 1.23. The molecule has 0 fully saturated rings. The van der Waals surface area contributed by atoms with E-state index >= 15 is 0 Å². The van der Waals surface area contributed by atoms with E-state index in [0.29, 0.717) is 0 Å². The molecule has 0 unspecified atom stereocenters. The first-order valence-corrected chi connectivity index (χ1v) is 2.44. The number of nitrogens with zero attached hydrogens (tertiary/aromatic N) is 1. The van der Waals surface area contributed by atoms with E-state index in [4.69, 9.17) is 0 Å². The molecule has 0 aliphatic heterocycles. The van der Waals surface area contributed by atoms with E-state index in [2.05, 4.69) is 18.2 Å². The summed E-state index contributed by atoms with van der Waals surface area (Å²) in [7, 11) is 0. The molecule has 48 valence electrons. The van der Waals surface area contributed by atoms with Crippen molar-refractivity contribution < 1.29 is 4.39 Å². The summed E-state index contributed by atoms with van der Waals surface area (Å²) in [6, 6.07) is 0. The zero-order valence-electron chi connectivity index (χ0n) is 5.05. The largest absolute Gasteiger partial charge is 0.229 e. The van der Waals surface area contributed by atoms with Crippen LogP contribution in [0.4, 0.5) is 4.39 Å². The molecule has 0 aromatic carbocycles. The van der Waals surface area contributed by atoms with Crippen LogP contribution in [0.25, 0.3) is 0 Å². The van der Waals surface area contributed by atoms with Crippen molar-refractivity contribution in [2.24, 2.45) is 4.99 Å². The lowest BCUT2D eigenvalue weighted by Gasteiger charge is -1.77. The van der Waals surface area contributed by atoms with Crippen LogP contribution in [0.1, 0.15) is 0 Å². The van der Waals surface area contributed by atoms with Gasteiger partial charge in [-0.2, -0.15) is 4.39 Å². The van der Waals surface area contributed by atoms with Gasteiger partial charge in [0.25, 0.3) is 0 Å². The lowest BCUT2D eigenvalue weighted by molar-refractivity contribution is 0.813. The van der Waals surface area contributed by atoms with Gasteiger partial charge in [0.2, 0.25) is 5.97 Å². The predicted molar refractivity (Wildman–Crippen MR) is 38.1 cm³/mol. The van der Waals surface area contributed by atoms with Gasteiger partial charge in [-0.15, -0.1) is 0 Å². The van der Waals surface area contributed by atoms with Crippen LogP contribution in [0.15, 0.2) is 42.6 Å². The zero-order chi connectivity index (χ0) is 7.11. The van der Waals surface area contributed by atoms with Crippen LogP contribution in [0.2, 0.25) is 0 Å². The summed E-state index contributed by atoms with van der Waals surface area (Å²) < 4.78 is 12.1. The lowest BCUT2D eigenvalue weighted by atomic mass is 10.5. The molecule has 0 amide bonds. The van der Waals surface area contributed by atoms with Gasteiger partial charge in [0.1, 0.15) is 0 Å². The smallest absolute Gasteiger partial charge is 0.212 e. The third-order valence-corrected chi connectivity index (χ3v) is 0.584. The van der Waals surface area contributed by atoms with Gasteiger partial charge in [0, 0.05) is 6.20 Å². The molecule has 9 heavy (non-hydrogen) atoms. The molecule has 0 saturated heterocycles. The van der Waals surface area contributed by atoms with Crippen LogP contribution in [0.5, 0.6) is 0 Å². The number of allylic oxidation sites excluding steroid dienone is 3. The minimum atomic E-state index is -0.565. The normalized spacial score (nSPS) is 11.9. The molecular weight excluding hydrogens is 117 g/mol. The molecule has 0 heterocycles. The number of aliphatic imine (C=N–C) groups is 1. The van der Waals surface area contributed by atoms with Crippen LogP contribution < -0.4 is 0 Å². The Morgan fingerprint density at radius 1 is 1.44 bits per heavy atom. The van der Waals surface area contributed by atoms with Crippen molar-refractivity contribution in [3.63, 3.8) is 0 Å². The average Bonchev–Trinajstić information content (AvgIpc) is 1.85. The molecule has 0 saturated carbocycles. The highest BCUT2D eigenvalue weighted by Crippen LogP contribution is 1.84. The zero-order valence-corrected chi connectivity index (χ0v) is 5.05. The number of hydrogen-bond donors (Lipinski definition) is 0. The standard InChI is InChI=1S/C7H8FN/c1-3-5-6-7(8)9-4-2/h3-6H,1-2H2/b6-5-,9-7?. The van der Waals surface area contributed by atoms with Crippen LogP contribution in [-0.2, 0) is 0 Å². The molecule has 0 atom stereocenters. The summed E-state index contributed by atoms with van der Waals surface area (Å²) in [5.74, 6) is -0.565. The van der Waals surface area contributed by atoms with Crippen molar-refractivity contribution in [3.8, 4) is 0 Å². The summed E-state index contributed by atoms with van der Waals surface area (Å²) in [5.41, 5.74) is 0. The minimum Gasteiger partial charge on any atom is -0.229 e. The first-order valence-electron chi connectivity index (χ1n) is 2.44. The van der Waals surface area contributed by atoms with Crippen molar-refractivity contribution in [1.29, 1.82) is 0 Å². The number of rotatable bonds is 3. The van der Waals surface area contributed by atoms with Crippen LogP contribution in [0, 0.1) is 0 Å². The molecule has 0 bridgehead atoms. The molecule has 0 spiro atoms. The Morgan fingerprint density at radius 3 is 2.56 bits per heavy atom. The number of halogens is 1. The van der Waals surface area contributed by atoms with Crippen molar-refractivity contribution in [1.82, 2.24) is 0 Å². The van der Waals surface area contributed by atoms with Gasteiger partial charge < -0.3 is 0 Å². The van der Waals surface area contributed by atoms with Gasteiger partial charge in [-0.1, -0.05) is 25.3 Å². The number of hydrogen-bond acceptors (Lipinski definition) is 1. The van der Waals surface area contributed by atoms with E-state index in [9.17, 15) is 4.39 Å². The van der Waals surface area contributed by atoms with Crippen molar-refractivity contribution in [2.75, 3.05) is 0 Å². The maximum Gasteiger partial charge on any atom is 0.212 e. The van der Waals surface area contributed by atoms with Crippen molar-refractivity contribution in [2.45, 2.75) is 0 Å². The van der Waals surface area contributed by atoms with Gasteiger partial charge in [-0.25, -0.2) is 4.99 Å². The molecular formula is C7H8FN. The van der Waals surface area contributed by atoms with E-state index in [0.717, 1.165) is 6.20 Å². The SMILES string of the molecule is C=C/C=C\C(F)=NC=C. The molecule has 0 N–H and O–H groups in total. The van der Waals surface area contributed by atoms with Crippen LogP contribution in [-0.4, -0.2) is 5.97 Å². The maximum atomic E-state index is 12.1. The third kappa shape index (κ3) is 4.68. The van der Waals surface area contributed by atoms with Gasteiger partial charge in [-0.3, -0.25) is 0 Å². The van der Waals surface area contributed by atoms with Crippen LogP contribution >= 0.6 is 0 Å². The van der Waals surface area contributed by atoms with E-state index in [1.165, 1.54) is 18.2 Å². The highest BCUT2D eigenvalue weighted by molar-refractivity contribution is 5.87. The Labute approximate surface area is 53.9 Å². The van der Waals surface area contributed by atoms with Crippen molar-refractivity contribution in [3.05, 3.63) is 37.6 Å². The summed E-state index contributed by atoms with van der Waals surface area (Å²) in [4.78, 5) is 3.24. The third-order valence-electron chi connectivity index (χ3n) is 0.584. The van der Waals surface area contributed by atoms with Gasteiger partial charge in [0.15, 0.2) is 0 Å². The van der Waals surface area contributed by atoms with E-state index in [-0.39, 0.29) is 0 Å². The Hall–Kier alpha value is -1.18.